The molecular weight excluding hydrogens is 272 g/mol. The summed E-state index contributed by atoms with van der Waals surface area (Å²) < 4.78 is 26.3. The highest BCUT2D eigenvalue weighted by Gasteiger charge is 2.20. The Morgan fingerprint density at radius 2 is 1.85 bits per heavy atom. The van der Waals surface area contributed by atoms with Crippen molar-refractivity contribution >= 4 is 10.0 Å². The van der Waals surface area contributed by atoms with Crippen LogP contribution < -0.4 is 5.32 Å². The summed E-state index contributed by atoms with van der Waals surface area (Å²) in [4.78, 5) is 0.388. The molecule has 4 nitrogen and oxygen atoms in total. The van der Waals surface area contributed by atoms with Crippen molar-refractivity contribution in [2.75, 3.05) is 20.1 Å². The second kappa shape index (κ2) is 7.76. The van der Waals surface area contributed by atoms with E-state index < -0.39 is 10.0 Å². The lowest BCUT2D eigenvalue weighted by Crippen LogP contribution is -2.28. The second-order valence-electron chi connectivity index (χ2n) is 4.89. The Kier molecular flexibility index (Phi) is 6.65. The van der Waals surface area contributed by atoms with E-state index in [0.29, 0.717) is 18.0 Å². The summed E-state index contributed by atoms with van der Waals surface area (Å²) in [7, 11) is -1.73. The minimum absolute atomic E-state index is 0.388. The molecule has 0 aliphatic heterocycles. The molecule has 0 saturated heterocycles. The summed E-state index contributed by atoms with van der Waals surface area (Å²) in [6.07, 6.45) is 1.72. The highest BCUT2D eigenvalue weighted by atomic mass is 32.2. The van der Waals surface area contributed by atoms with Gasteiger partial charge in [0.05, 0.1) is 4.90 Å². The first-order chi connectivity index (χ1) is 9.47. The van der Waals surface area contributed by atoms with Gasteiger partial charge in [-0.05, 0) is 42.6 Å². The summed E-state index contributed by atoms with van der Waals surface area (Å²) >= 11 is 0. The van der Waals surface area contributed by atoms with Crippen LogP contribution in [0.2, 0.25) is 0 Å². The molecule has 1 rings (SSSR count). The van der Waals surface area contributed by atoms with Gasteiger partial charge >= 0.3 is 0 Å². The van der Waals surface area contributed by atoms with Crippen molar-refractivity contribution in [3.8, 4) is 0 Å². The van der Waals surface area contributed by atoms with Crippen LogP contribution in [0, 0.1) is 0 Å². The predicted molar refractivity (Wildman–Crippen MR) is 83.3 cm³/mol. The van der Waals surface area contributed by atoms with Crippen LogP contribution in [0.15, 0.2) is 23.1 Å². The van der Waals surface area contributed by atoms with Crippen molar-refractivity contribution in [2.24, 2.45) is 0 Å². The minimum Gasteiger partial charge on any atom is -0.313 e. The largest absolute Gasteiger partial charge is 0.313 e. The summed E-state index contributed by atoms with van der Waals surface area (Å²) in [5.74, 6) is 0. The fourth-order valence-electron chi connectivity index (χ4n) is 2.15. The number of hydrogen-bond acceptors (Lipinski definition) is 3. The van der Waals surface area contributed by atoms with Gasteiger partial charge in [-0.1, -0.05) is 26.8 Å². The summed E-state index contributed by atoms with van der Waals surface area (Å²) in [5, 5.41) is 3.26. The van der Waals surface area contributed by atoms with Gasteiger partial charge in [0.15, 0.2) is 0 Å². The van der Waals surface area contributed by atoms with Gasteiger partial charge in [-0.25, -0.2) is 12.7 Å². The molecule has 1 N–H and O–H groups in total. The first-order valence-corrected chi connectivity index (χ1v) is 8.70. The topological polar surface area (TPSA) is 49.4 Å². The van der Waals surface area contributed by atoms with E-state index in [1.165, 1.54) is 9.87 Å². The quantitative estimate of drug-likeness (QED) is 0.801. The lowest BCUT2D eigenvalue weighted by Gasteiger charge is -2.18. The van der Waals surface area contributed by atoms with Crippen molar-refractivity contribution < 1.29 is 8.42 Å². The van der Waals surface area contributed by atoms with Crippen LogP contribution in [0.25, 0.3) is 0 Å². The van der Waals surface area contributed by atoms with Crippen molar-refractivity contribution in [1.29, 1.82) is 0 Å². The molecule has 0 unspecified atom stereocenters. The van der Waals surface area contributed by atoms with Gasteiger partial charge in [0.25, 0.3) is 0 Å². The fraction of sp³-hybridized carbons (Fsp3) is 0.600. The standard InChI is InChI=1S/C15H26N2O2S/c1-5-10-17(4)20(18,19)15-9-8-13(6-2)14(11-15)12-16-7-3/h8-9,11,16H,5-7,10,12H2,1-4H3. The van der Waals surface area contributed by atoms with Crippen LogP contribution in [0.5, 0.6) is 0 Å². The monoisotopic (exact) mass is 298 g/mol. The van der Waals surface area contributed by atoms with E-state index in [1.54, 1.807) is 13.1 Å². The SMILES string of the molecule is CCCN(C)S(=O)(=O)c1ccc(CC)c(CNCC)c1. The Hall–Kier alpha value is -0.910. The second-order valence-corrected chi connectivity index (χ2v) is 6.94. The normalized spacial score (nSPS) is 12.1. The zero-order valence-corrected chi connectivity index (χ0v) is 13.8. The third-order valence-electron chi connectivity index (χ3n) is 3.37. The lowest BCUT2D eigenvalue weighted by atomic mass is 10.1. The average molecular weight is 298 g/mol. The van der Waals surface area contributed by atoms with Crippen molar-refractivity contribution in [3.05, 3.63) is 29.3 Å². The number of nitrogens with one attached hydrogen (secondary N) is 1. The zero-order chi connectivity index (χ0) is 15.2. The van der Waals surface area contributed by atoms with E-state index in [-0.39, 0.29) is 0 Å². The van der Waals surface area contributed by atoms with E-state index in [1.807, 2.05) is 26.0 Å². The van der Waals surface area contributed by atoms with Gasteiger partial charge < -0.3 is 5.32 Å². The molecule has 0 saturated carbocycles. The molecule has 0 fully saturated rings. The maximum absolute atomic E-state index is 12.5. The van der Waals surface area contributed by atoms with Gasteiger partial charge in [-0.3, -0.25) is 0 Å². The molecule has 114 valence electrons. The molecule has 0 spiro atoms. The van der Waals surface area contributed by atoms with Crippen LogP contribution in [0.3, 0.4) is 0 Å². The zero-order valence-electron chi connectivity index (χ0n) is 12.9. The Morgan fingerprint density at radius 3 is 2.40 bits per heavy atom. The molecular formula is C15H26N2O2S. The first kappa shape index (κ1) is 17.1. The molecule has 1 aromatic rings. The number of rotatable bonds is 8. The Morgan fingerprint density at radius 1 is 1.15 bits per heavy atom. The smallest absolute Gasteiger partial charge is 0.242 e. The van der Waals surface area contributed by atoms with Gasteiger partial charge in [0, 0.05) is 20.1 Å². The van der Waals surface area contributed by atoms with Crippen LogP contribution >= 0.6 is 0 Å². The highest BCUT2D eigenvalue weighted by Crippen LogP contribution is 2.20. The Bertz CT molecular complexity index is 527. The van der Waals surface area contributed by atoms with Gasteiger partial charge in [0.2, 0.25) is 10.0 Å². The third-order valence-corrected chi connectivity index (χ3v) is 5.22. The molecule has 0 atom stereocenters. The number of sulfonamides is 1. The van der Waals surface area contributed by atoms with Crippen LogP contribution in [-0.2, 0) is 23.0 Å². The molecule has 0 aliphatic rings. The van der Waals surface area contributed by atoms with Gasteiger partial charge in [-0.15, -0.1) is 0 Å². The molecule has 5 heteroatoms. The lowest BCUT2D eigenvalue weighted by molar-refractivity contribution is 0.468. The van der Waals surface area contributed by atoms with E-state index in [2.05, 4.69) is 12.2 Å². The summed E-state index contributed by atoms with van der Waals surface area (Å²) in [5.41, 5.74) is 2.27. The van der Waals surface area contributed by atoms with Crippen LogP contribution in [0.4, 0.5) is 0 Å². The Labute approximate surface area is 123 Å². The maximum Gasteiger partial charge on any atom is 0.242 e. The molecule has 0 amide bonds. The van der Waals surface area contributed by atoms with E-state index in [0.717, 1.165) is 24.9 Å². The highest BCUT2D eigenvalue weighted by molar-refractivity contribution is 7.89. The average Bonchev–Trinajstić information content (AvgIpc) is 2.44. The molecule has 0 aliphatic carbocycles. The van der Waals surface area contributed by atoms with Crippen molar-refractivity contribution in [2.45, 2.75) is 45.1 Å². The predicted octanol–water partition coefficient (Wildman–Crippen LogP) is 2.39. The van der Waals surface area contributed by atoms with Crippen molar-refractivity contribution in [3.63, 3.8) is 0 Å². The molecule has 0 aromatic heterocycles. The van der Waals surface area contributed by atoms with Gasteiger partial charge in [0.1, 0.15) is 0 Å². The number of aryl methyl sites for hydroxylation is 1. The van der Waals surface area contributed by atoms with E-state index in [4.69, 9.17) is 0 Å². The van der Waals surface area contributed by atoms with Crippen LogP contribution in [-0.4, -0.2) is 32.9 Å². The maximum atomic E-state index is 12.5. The fourth-order valence-corrected chi connectivity index (χ4v) is 3.46. The number of hydrogen-bond donors (Lipinski definition) is 1. The molecule has 0 heterocycles. The first-order valence-electron chi connectivity index (χ1n) is 7.26. The molecule has 0 radical (unpaired) electrons. The third kappa shape index (κ3) is 4.04. The molecule has 1 aromatic carbocycles. The van der Waals surface area contributed by atoms with E-state index >= 15 is 0 Å². The summed E-state index contributed by atoms with van der Waals surface area (Å²) in [6, 6.07) is 5.46. The summed E-state index contributed by atoms with van der Waals surface area (Å²) in [6.45, 7) is 8.23. The van der Waals surface area contributed by atoms with Crippen LogP contribution in [0.1, 0.15) is 38.3 Å². The number of benzene rings is 1. The minimum atomic E-state index is -3.37. The Balaban J connectivity index is 3.13. The number of nitrogens with zero attached hydrogens (tertiary/aromatic N) is 1. The van der Waals surface area contributed by atoms with Gasteiger partial charge in [-0.2, -0.15) is 0 Å². The molecule has 0 bridgehead atoms. The molecule has 20 heavy (non-hydrogen) atoms. The van der Waals surface area contributed by atoms with Crippen molar-refractivity contribution in [1.82, 2.24) is 9.62 Å². The van der Waals surface area contributed by atoms with E-state index in [9.17, 15) is 8.42 Å².